The molecule has 0 aliphatic carbocycles. The number of fused-ring (bicyclic) bond motifs is 1. The van der Waals surface area contributed by atoms with E-state index in [1.165, 1.54) is 6.26 Å². The molecule has 1 aromatic heterocycles. The van der Waals surface area contributed by atoms with E-state index in [-0.39, 0.29) is 12.5 Å². The van der Waals surface area contributed by atoms with Gasteiger partial charge in [-0.15, -0.1) is 10.2 Å². The van der Waals surface area contributed by atoms with Gasteiger partial charge in [0.05, 0.1) is 0 Å². The second-order valence-electron chi connectivity index (χ2n) is 5.42. The summed E-state index contributed by atoms with van der Waals surface area (Å²) in [7, 11) is -3.27. The molecule has 0 bridgehead atoms. The molecule has 0 radical (unpaired) electrons. The van der Waals surface area contributed by atoms with Gasteiger partial charge in [0.25, 0.3) is 0 Å². The van der Waals surface area contributed by atoms with Gasteiger partial charge in [-0.2, -0.15) is 0 Å². The molecule has 6 nitrogen and oxygen atoms in total. The van der Waals surface area contributed by atoms with E-state index in [0.717, 1.165) is 18.7 Å². The molecule has 7 heteroatoms. The lowest BCUT2D eigenvalue weighted by atomic mass is 10.00. The van der Waals surface area contributed by atoms with Crippen molar-refractivity contribution < 1.29 is 13.5 Å². The van der Waals surface area contributed by atoms with Crippen LogP contribution in [0.5, 0.6) is 0 Å². The zero-order valence-corrected chi connectivity index (χ0v) is 11.7. The number of sulfone groups is 1. The third-order valence-corrected chi connectivity index (χ3v) is 5.80. The number of aromatic nitrogens is 3. The molecule has 18 heavy (non-hydrogen) atoms. The highest BCUT2D eigenvalue weighted by Crippen LogP contribution is 2.30. The van der Waals surface area contributed by atoms with Crippen molar-refractivity contribution >= 4 is 9.84 Å². The fourth-order valence-corrected chi connectivity index (χ4v) is 2.64. The number of rotatable bonds is 3. The van der Waals surface area contributed by atoms with Gasteiger partial charge in [-0.3, -0.25) is 0 Å². The molecule has 1 aliphatic heterocycles. The van der Waals surface area contributed by atoms with Crippen molar-refractivity contribution in [2.24, 2.45) is 5.92 Å². The maximum atomic E-state index is 11.9. The van der Waals surface area contributed by atoms with Crippen molar-refractivity contribution in [1.82, 2.24) is 14.8 Å². The predicted molar refractivity (Wildman–Crippen MR) is 66.8 cm³/mol. The Morgan fingerprint density at radius 1 is 1.44 bits per heavy atom. The highest BCUT2D eigenvalue weighted by atomic mass is 32.2. The highest BCUT2D eigenvalue weighted by molar-refractivity contribution is 7.91. The van der Waals surface area contributed by atoms with Crippen molar-refractivity contribution in [2.75, 3.05) is 12.9 Å². The summed E-state index contributed by atoms with van der Waals surface area (Å²) < 4.78 is 24.5. The summed E-state index contributed by atoms with van der Waals surface area (Å²) >= 11 is 0. The van der Waals surface area contributed by atoms with E-state index in [1.54, 1.807) is 13.8 Å². The first-order valence-corrected chi connectivity index (χ1v) is 7.89. The Hall–Kier alpha value is -0.950. The molecule has 0 fully saturated rings. The lowest BCUT2D eigenvalue weighted by Crippen LogP contribution is -2.34. The van der Waals surface area contributed by atoms with Crippen LogP contribution in [0.25, 0.3) is 0 Å². The lowest BCUT2D eigenvalue weighted by Gasteiger charge is -2.27. The van der Waals surface area contributed by atoms with Crippen LogP contribution in [0, 0.1) is 5.92 Å². The third kappa shape index (κ3) is 2.05. The van der Waals surface area contributed by atoms with Gasteiger partial charge in [-0.25, -0.2) is 8.42 Å². The Morgan fingerprint density at radius 2 is 2.11 bits per heavy atom. The van der Waals surface area contributed by atoms with Gasteiger partial charge < -0.3 is 9.67 Å². The summed E-state index contributed by atoms with van der Waals surface area (Å²) in [6.07, 6.45) is 2.81. The van der Waals surface area contributed by atoms with E-state index in [9.17, 15) is 13.5 Å². The summed E-state index contributed by atoms with van der Waals surface area (Å²) in [6, 6.07) is 0. The van der Waals surface area contributed by atoms with Crippen LogP contribution in [0.4, 0.5) is 0 Å². The van der Waals surface area contributed by atoms with E-state index < -0.39 is 14.6 Å². The van der Waals surface area contributed by atoms with Crippen molar-refractivity contribution in [1.29, 1.82) is 0 Å². The van der Waals surface area contributed by atoms with Crippen molar-refractivity contribution in [3.63, 3.8) is 0 Å². The maximum Gasteiger partial charge on any atom is 0.159 e. The number of aryl methyl sites for hydroxylation is 1. The number of aliphatic hydroxyl groups is 1. The van der Waals surface area contributed by atoms with Gasteiger partial charge in [0.1, 0.15) is 10.6 Å². The third-order valence-electron chi connectivity index (χ3n) is 3.77. The smallest absolute Gasteiger partial charge is 0.159 e. The fourth-order valence-electron chi connectivity index (χ4n) is 2.16. The summed E-state index contributed by atoms with van der Waals surface area (Å²) in [4.78, 5) is 0. The molecule has 1 aliphatic rings. The molecular formula is C11H19N3O3S. The van der Waals surface area contributed by atoms with Gasteiger partial charge >= 0.3 is 0 Å². The molecule has 1 N–H and O–H groups in total. The molecule has 2 heterocycles. The fraction of sp³-hybridized carbons (Fsp3) is 0.818. The van der Waals surface area contributed by atoms with Crippen LogP contribution in [0.2, 0.25) is 0 Å². The zero-order chi connectivity index (χ0) is 13.6. The molecule has 0 spiro atoms. The van der Waals surface area contributed by atoms with Gasteiger partial charge in [0, 0.05) is 31.7 Å². The predicted octanol–water partition coefficient (Wildman–Crippen LogP) is 0.113. The van der Waals surface area contributed by atoms with E-state index in [1.807, 2.05) is 4.57 Å². The topological polar surface area (TPSA) is 85.1 Å². The summed E-state index contributed by atoms with van der Waals surface area (Å²) in [5, 5.41) is 17.4. The molecular weight excluding hydrogens is 254 g/mol. The van der Waals surface area contributed by atoms with Gasteiger partial charge in [-0.05, 0) is 20.3 Å². The van der Waals surface area contributed by atoms with Crippen LogP contribution >= 0.6 is 0 Å². The quantitative estimate of drug-likeness (QED) is 0.845. The SMILES string of the molecule is CC(C)(c1nnc2n1CC(CO)CC2)S(C)(=O)=O. The largest absolute Gasteiger partial charge is 0.396 e. The van der Waals surface area contributed by atoms with Crippen molar-refractivity contribution in [3.05, 3.63) is 11.6 Å². The van der Waals surface area contributed by atoms with Crippen LogP contribution in [0.3, 0.4) is 0 Å². The lowest BCUT2D eigenvalue weighted by molar-refractivity contribution is 0.188. The van der Waals surface area contributed by atoms with Crippen molar-refractivity contribution in [3.8, 4) is 0 Å². The molecule has 1 aromatic rings. The Labute approximate surface area is 107 Å². The Bertz CT molecular complexity index is 548. The minimum absolute atomic E-state index is 0.108. The maximum absolute atomic E-state index is 11.9. The number of hydrogen-bond donors (Lipinski definition) is 1. The average molecular weight is 273 g/mol. The molecule has 0 saturated carbocycles. The van der Waals surface area contributed by atoms with Crippen LogP contribution < -0.4 is 0 Å². The molecule has 0 amide bonds. The van der Waals surface area contributed by atoms with Crippen LogP contribution in [0.1, 0.15) is 31.9 Å². The van der Waals surface area contributed by atoms with Gasteiger partial charge in [0.15, 0.2) is 15.7 Å². The second-order valence-corrected chi connectivity index (χ2v) is 7.99. The molecule has 102 valence electrons. The summed E-state index contributed by atoms with van der Waals surface area (Å²) in [5.74, 6) is 1.44. The van der Waals surface area contributed by atoms with Crippen LogP contribution in [0.15, 0.2) is 0 Å². The first kappa shape index (κ1) is 13.5. The first-order chi connectivity index (χ1) is 8.27. The standard InChI is InChI=1S/C11H19N3O3S/c1-11(2,18(3,16)17)10-13-12-9-5-4-8(7-15)6-14(9)10/h8,15H,4-7H2,1-3H3. The van der Waals surface area contributed by atoms with Gasteiger partial charge in [0.2, 0.25) is 0 Å². The van der Waals surface area contributed by atoms with E-state index in [2.05, 4.69) is 10.2 Å². The minimum Gasteiger partial charge on any atom is -0.396 e. The number of aliphatic hydroxyl groups excluding tert-OH is 1. The Balaban J connectivity index is 2.46. The number of nitrogens with zero attached hydrogens (tertiary/aromatic N) is 3. The highest BCUT2D eigenvalue weighted by Gasteiger charge is 2.39. The minimum atomic E-state index is -3.27. The zero-order valence-electron chi connectivity index (χ0n) is 10.9. The average Bonchev–Trinajstić information content (AvgIpc) is 2.70. The molecule has 0 aromatic carbocycles. The monoisotopic (exact) mass is 273 g/mol. The molecule has 2 rings (SSSR count). The molecule has 1 atom stereocenters. The van der Waals surface area contributed by atoms with Crippen LogP contribution in [-0.4, -0.2) is 41.2 Å². The van der Waals surface area contributed by atoms with E-state index >= 15 is 0 Å². The van der Waals surface area contributed by atoms with Crippen LogP contribution in [-0.2, 0) is 27.5 Å². The van der Waals surface area contributed by atoms with Gasteiger partial charge in [-0.1, -0.05) is 0 Å². The summed E-state index contributed by atoms with van der Waals surface area (Å²) in [5.41, 5.74) is 0. The molecule has 0 saturated heterocycles. The Morgan fingerprint density at radius 3 is 2.67 bits per heavy atom. The number of hydrogen-bond acceptors (Lipinski definition) is 5. The van der Waals surface area contributed by atoms with E-state index in [4.69, 9.17) is 0 Å². The normalized spacial score (nSPS) is 20.8. The van der Waals surface area contributed by atoms with E-state index in [0.29, 0.717) is 12.4 Å². The van der Waals surface area contributed by atoms with Crippen molar-refractivity contribution in [2.45, 2.75) is 38.0 Å². The first-order valence-electron chi connectivity index (χ1n) is 6.00. The Kier molecular flexibility index (Phi) is 3.23. The summed E-state index contributed by atoms with van der Waals surface area (Å²) in [6.45, 7) is 3.98. The molecule has 1 unspecified atom stereocenters. The second kappa shape index (κ2) is 4.31.